The summed E-state index contributed by atoms with van der Waals surface area (Å²) in [5.74, 6) is 0.693. The van der Waals surface area contributed by atoms with Crippen molar-refractivity contribution in [1.82, 2.24) is 9.38 Å². The van der Waals surface area contributed by atoms with E-state index in [1.807, 2.05) is 22.6 Å². The normalized spacial score (nSPS) is 11.1. The van der Waals surface area contributed by atoms with Crippen LogP contribution < -0.4 is 5.73 Å². The van der Waals surface area contributed by atoms with E-state index in [1.54, 1.807) is 17.5 Å². The molecular formula is C12H11N3S. The van der Waals surface area contributed by atoms with Gasteiger partial charge in [-0.1, -0.05) is 30.3 Å². The van der Waals surface area contributed by atoms with Gasteiger partial charge in [-0.25, -0.2) is 4.98 Å². The summed E-state index contributed by atoms with van der Waals surface area (Å²) < 4.78 is 2.01. The van der Waals surface area contributed by atoms with Crippen LogP contribution in [0.3, 0.4) is 0 Å². The fourth-order valence-corrected chi connectivity index (χ4v) is 2.89. The third-order valence-corrected chi connectivity index (χ3v) is 3.58. The number of benzene rings is 1. The van der Waals surface area contributed by atoms with Gasteiger partial charge >= 0.3 is 0 Å². The number of hydrogen-bond donors (Lipinski definition) is 1. The second-order valence-electron chi connectivity index (χ2n) is 3.67. The fraction of sp³-hybridized carbons (Fsp3) is 0.0833. The summed E-state index contributed by atoms with van der Waals surface area (Å²) in [5, 5.41) is 0. The molecule has 0 unspecified atom stereocenters. The smallest absolute Gasteiger partial charge is 0.196 e. The largest absolute Gasteiger partial charge is 0.383 e. The highest BCUT2D eigenvalue weighted by Gasteiger charge is 2.13. The quantitative estimate of drug-likeness (QED) is 0.697. The molecule has 0 saturated heterocycles. The molecule has 3 rings (SSSR count). The Labute approximate surface area is 97.2 Å². The van der Waals surface area contributed by atoms with E-state index in [0.717, 1.165) is 10.7 Å². The molecule has 0 saturated carbocycles. The maximum Gasteiger partial charge on any atom is 0.196 e. The van der Waals surface area contributed by atoms with Gasteiger partial charge in [0.05, 0.1) is 11.9 Å². The Morgan fingerprint density at radius 3 is 2.75 bits per heavy atom. The van der Waals surface area contributed by atoms with Gasteiger partial charge in [-0.3, -0.25) is 4.40 Å². The number of rotatable bonds is 1. The Balaban J connectivity index is 2.38. The molecule has 0 aliphatic heterocycles. The van der Waals surface area contributed by atoms with E-state index in [9.17, 15) is 0 Å². The van der Waals surface area contributed by atoms with Crippen LogP contribution in [0.5, 0.6) is 0 Å². The zero-order valence-corrected chi connectivity index (χ0v) is 9.66. The van der Waals surface area contributed by atoms with E-state index in [-0.39, 0.29) is 0 Å². The predicted molar refractivity (Wildman–Crippen MR) is 67.7 cm³/mol. The van der Waals surface area contributed by atoms with Gasteiger partial charge in [0.25, 0.3) is 0 Å². The van der Waals surface area contributed by atoms with Crippen LogP contribution in [0.4, 0.5) is 5.82 Å². The van der Waals surface area contributed by atoms with Crippen LogP contribution in [0.1, 0.15) is 4.88 Å². The van der Waals surface area contributed by atoms with Gasteiger partial charge in [0.2, 0.25) is 0 Å². The number of nitrogen functional groups attached to an aromatic ring is 1. The molecule has 3 nitrogen and oxygen atoms in total. The Morgan fingerprint density at radius 1 is 1.25 bits per heavy atom. The van der Waals surface area contributed by atoms with Crippen molar-refractivity contribution in [2.24, 2.45) is 0 Å². The average molecular weight is 229 g/mol. The lowest BCUT2D eigenvalue weighted by Gasteiger charge is -2.02. The number of thiazole rings is 1. The lowest BCUT2D eigenvalue weighted by atomic mass is 10.1. The van der Waals surface area contributed by atoms with Gasteiger partial charge in [0.1, 0.15) is 5.82 Å². The Bertz CT molecular complexity index is 637. The number of anilines is 1. The molecule has 2 N–H and O–H groups in total. The number of nitrogens with zero attached hydrogens (tertiary/aromatic N) is 2. The Morgan fingerprint density at radius 2 is 2.00 bits per heavy atom. The minimum Gasteiger partial charge on any atom is -0.383 e. The van der Waals surface area contributed by atoms with E-state index < -0.39 is 0 Å². The molecule has 3 aromatic rings. The van der Waals surface area contributed by atoms with E-state index >= 15 is 0 Å². The van der Waals surface area contributed by atoms with Crippen molar-refractivity contribution >= 4 is 22.1 Å². The average Bonchev–Trinajstić information content (AvgIpc) is 2.80. The molecule has 0 atom stereocenters. The summed E-state index contributed by atoms with van der Waals surface area (Å²) in [7, 11) is 0. The molecule has 1 aromatic carbocycles. The maximum atomic E-state index is 5.93. The molecule has 80 valence electrons. The van der Waals surface area contributed by atoms with Gasteiger partial charge in [-0.2, -0.15) is 0 Å². The molecule has 0 fully saturated rings. The van der Waals surface area contributed by atoms with Crippen molar-refractivity contribution in [3.05, 3.63) is 41.4 Å². The SMILES string of the molecule is Cc1sc2ncc(N)n2c1-c1ccccc1. The zero-order chi connectivity index (χ0) is 11.1. The van der Waals surface area contributed by atoms with Crippen molar-refractivity contribution in [3.8, 4) is 11.3 Å². The summed E-state index contributed by atoms with van der Waals surface area (Å²) >= 11 is 1.67. The number of aromatic nitrogens is 2. The van der Waals surface area contributed by atoms with Crippen LogP contribution in [-0.4, -0.2) is 9.38 Å². The summed E-state index contributed by atoms with van der Waals surface area (Å²) in [6, 6.07) is 10.3. The van der Waals surface area contributed by atoms with E-state index in [2.05, 4.69) is 24.0 Å². The van der Waals surface area contributed by atoms with Crippen LogP contribution in [0.25, 0.3) is 16.2 Å². The Hall–Kier alpha value is -1.81. The number of imidazole rings is 1. The fourth-order valence-electron chi connectivity index (χ4n) is 1.92. The van der Waals surface area contributed by atoms with Crippen LogP contribution in [0.15, 0.2) is 36.5 Å². The third-order valence-electron chi connectivity index (χ3n) is 2.61. The summed E-state index contributed by atoms with van der Waals surface area (Å²) in [4.78, 5) is 6.47. The molecule has 16 heavy (non-hydrogen) atoms. The molecule has 0 bridgehead atoms. The van der Waals surface area contributed by atoms with Crippen LogP contribution in [0.2, 0.25) is 0 Å². The summed E-state index contributed by atoms with van der Waals surface area (Å²) in [6.45, 7) is 2.10. The van der Waals surface area contributed by atoms with Gasteiger partial charge in [0, 0.05) is 4.88 Å². The van der Waals surface area contributed by atoms with Crippen LogP contribution in [-0.2, 0) is 0 Å². The van der Waals surface area contributed by atoms with Crippen molar-refractivity contribution in [2.45, 2.75) is 6.92 Å². The summed E-state index contributed by atoms with van der Waals surface area (Å²) in [5.41, 5.74) is 8.26. The topological polar surface area (TPSA) is 43.3 Å². The zero-order valence-electron chi connectivity index (χ0n) is 8.84. The molecule has 0 aliphatic rings. The van der Waals surface area contributed by atoms with Crippen molar-refractivity contribution in [3.63, 3.8) is 0 Å². The first-order chi connectivity index (χ1) is 7.77. The predicted octanol–water partition coefficient (Wildman–Crippen LogP) is 2.95. The molecule has 0 aliphatic carbocycles. The Kier molecular flexibility index (Phi) is 1.97. The number of aryl methyl sites for hydroxylation is 1. The third kappa shape index (κ3) is 1.23. The molecule has 4 heteroatoms. The monoisotopic (exact) mass is 229 g/mol. The standard InChI is InChI=1S/C12H11N3S/c1-8-11(9-5-3-2-4-6-9)15-10(13)7-14-12(15)16-8/h2-7H,13H2,1H3. The first-order valence-electron chi connectivity index (χ1n) is 5.05. The summed E-state index contributed by atoms with van der Waals surface area (Å²) in [6.07, 6.45) is 1.71. The van der Waals surface area contributed by atoms with Crippen LogP contribution >= 0.6 is 11.3 Å². The number of fused-ring (bicyclic) bond motifs is 1. The molecule has 2 aromatic heterocycles. The van der Waals surface area contributed by atoms with Crippen molar-refractivity contribution in [1.29, 1.82) is 0 Å². The first-order valence-corrected chi connectivity index (χ1v) is 5.87. The molecule has 0 amide bonds. The number of nitrogens with two attached hydrogens (primary N) is 1. The van der Waals surface area contributed by atoms with Crippen molar-refractivity contribution < 1.29 is 0 Å². The maximum absolute atomic E-state index is 5.93. The lowest BCUT2D eigenvalue weighted by Crippen LogP contribution is -1.93. The highest BCUT2D eigenvalue weighted by molar-refractivity contribution is 7.17. The van der Waals surface area contributed by atoms with Gasteiger partial charge in [0.15, 0.2) is 4.96 Å². The van der Waals surface area contributed by atoms with Gasteiger partial charge in [-0.15, -0.1) is 11.3 Å². The molecule has 0 spiro atoms. The number of hydrogen-bond acceptors (Lipinski definition) is 3. The first kappa shape index (κ1) is 9.42. The van der Waals surface area contributed by atoms with E-state index in [4.69, 9.17) is 5.73 Å². The van der Waals surface area contributed by atoms with Gasteiger partial charge < -0.3 is 5.73 Å². The lowest BCUT2D eigenvalue weighted by molar-refractivity contribution is 1.23. The minimum atomic E-state index is 0.693. The second kappa shape index (κ2) is 3.35. The van der Waals surface area contributed by atoms with Crippen molar-refractivity contribution in [2.75, 3.05) is 5.73 Å². The van der Waals surface area contributed by atoms with E-state index in [1.165, 1.54) is 10.4 Å². The van der Waals surface area contributed by atoms with Gasteiger partial charge in [-0.05, 0) is 12.5 Å². The molecular weight excluding hydrogens is 218 g/mol. The minimum absolute atomic E-state index is 0.693. The highest BCUT2D eigenvalue weighted by atomic mass is 32.1. The molecule has 2 heterocycles. The second-order valence-corrected chi connectivity index (χ2v) is 4.86. The highest BCUT2D eigenvalue weighted by Crippen LogP contribution is 2.32. The van der Waals surface area contributed by atoms with E-state index in [0.29, 0.717) is 5.82 Å². The molecule has 0 radical (unpaired) electrons. The van der Waals surface area contributed by atoms with Crippen LogP contribution in [0, 0.1) is 6.92 Å².